The summed E-state index contributed by atoms with van der Waals surface area (Å²) < 4.78 is 54.5. The second kappa shape index (κ2) is 8.61. The minimum atomic E-state index is -2.64. The average molecular weight is 456 g/mol. The van der Waals surface area contributed by atoms with Crippen molar-refractivity contribution in [2.75, 3.05) is 0 Å². The van der Waals surface area contributed by atoms with Gasteiger partial charge >= 0.3 is 0 Å². The fourth-order valence-corrected chi connectivity index (χ4v) is 4.79. The Morgan fingerprint density at radius 3 is 2.56 bits per heavy atom. The number of rotatable bonds is 7. The molecule has 2 atom stereocenters. The molecule has 0 bridgehead atoms. The highest BCUT2D eigenvalue weighted by Gasteiger charge is 2.45. The van der Waals surface area contributed by atoms with Crippen LogP contribution in [0, 0.1) is 11.8 Å². The summed E-state index contributed by atoms with van der Waals surface area (Å²) in [7, 11) is 0. The zero-order chi connectivity index (χ0) is 23.1. The molecule has 2 aliphatic rings. The van der Waals surface area contributed by atoms with Crippen molar-refractivity contribution in [3.05, 3.63) is 29.7 Å². The molecule has 0 aromatic carbocycles. The quantitative estimate of drug-likeness (QED) is 0.600. The van der Waals surface area contributed by atoms with Gasteiger partial charge in [-0.3, -0.25) is 4.79 Å². The van der Waals surface area contributed by atoms with Crippen LogP contribution in [0.2, 0.25) is 0 Å². The summed E-state index contributed by atoms with van der Waals surface area (Å²) in [5, 5.41) is 7.27. The number of amides is 1. The molecule has 4 rings (SSSR count). The van der Waals surface area contributed by atoms with Gasteiger partial charge in [0.05, 0.1) is 30.2 Å². The highest BCUT2D eigenvalue weighted by Crippen LogP contribution is 2.44. The Kier molecular flexibility index (Phi) is 6.17. The molecule has 0 aliphatic heterocycles. The molecule has 3 N–H and O–H groups in total. The minimum absolute atomic E-state index is 0.0550. The van der Waals surface area contributed by atoms with Crippen molar-refractivity contribution in [2.24, 2.45) is 17.6 Å². The molecule has 2 saturated carbocycles. The first-order valence-electron chi connectivity index (χ1n) is 11.2. The van der Waals surface area contributed by atoms with E-state index in [1.807, 2.05) is 13.0 Å². The molecule has 2 heterocycles. The number of hydrogen-bond acceptors (Lipinski definition) is 4. The predicted molar refractivity (Wildman–Crippen MR) is 110 cm³/mol. The molecule has 0 unspecified atom stereocenters. The van der Waals surface area contributed by atoms with Crippen LogP contribution in [-0.2, 0) is 4.79 Å². The maximum atomic E-state index is 13.4. The summed E-state index contributed by atoms with van der Waals surface area (Å²) in [4.78, 5) is 16.9. The fraction of sp³-hybridized carbons (Fsp3) is 0.682. The van der Waals surface area contributed by atoms with Crippen LogP contribution in [0.1, 0.15) is 81.6 Å². The van der Waals surface area contributed by atoms with E-state index in [9.17, 15) is 22.4 Å². The molecule has 0 radical (unpaired) electrons. The summed E-state index contributed by atoms with van der Waals surface area (Å²) >= 11 is 0. The topological polar surface area (TPSA) is 85.3 Å². The first kappa shape index (κ1) is 22.9. The molecule has 2 aromatic rings. The van der Waals surface area contributed by atoms with Gasteiger partial charge in [0, 0.05) is 32.1 Å². The number of nitrogens with two attached hydrogens (primary N) is 1. The fourth-order valence-electron chi connectivity index (χ4n) is 4.79. The minimum Gasteiger partial charge on any atom is -0.349 e. The summed E-state index contributed by atoms with van der Waals surface area (Å²) in [6, 6.07) is 1.05. The number of halogens is 4. The van der Waals surface area contributed by atoms with Crippen LogP contribution in [0.5, 0.6) is 0 Å². The molecule has 1 amide bonds. The van der Waals surface area contributed by atoms with E-state index in [0.29, 0.717) is 30.6 Å². The summed E-state index contributed by atoms with van der Waals surface area (Å²) in [5.41, 5.74) is 8.26. The van der Waals surface area contributed by atoms with Crippen molar-refractivity contribution in [3.63, 3.8) is 0 Å². The Morgan fingerprint density at radius 2 is 1.94 bits per heavy atom. The molecule has 2 fully saturated rings. The Bertz CT molecular complexity index is 960. The van der Waals surface area contributed by atoms with Crippen molar-refractivity contribution in [2.45, 2.75) is 82.2 Å². The lowest BCUT2D eigenvalue weighted by molar-refractivity contribution is -0.134. The van der Waals surface area contributed by atoms with E-state index < -0.39 is 17.9 Å². The lowest BCUT2D eigenvalue weighted by atomic mass is 9.79. The van der Waals surface area contributed by atoms with Crippen LogP contribution in [0.4, 0.5) is 17.6 Å². The number of aromatic nitrogens is 3. The van der Waals surface area contributed by atoms with Gasteiger partial charge in [-0.05, 0) is 42.7 Å². The number of alkyl halides is 4. The molecule has 2 aromatic heterocycles. The van der Waals surface area contributed by atoms with Crippen LogP contribution in [0.25, 0.3) is 5.65 Å². The summed E-state index contributed by atoms with van der Waals surface area (Å²) in [6.07, 6.45) is 3.98. The van der Waals surface area contributed by atoms with Crippen molar-refractivity contribution in [3.8, 4) is 0 Å². The largest absolute Gasteiger partial charge is 0.349 e. The second-order valence-corrected chi connectivity index (χ2v) is 9.34. The van der Waals surface area contributed by atoms with E-state index in [2.05, 4.69) is 15.4 Å². The van der Waals surface area contributed by atoms with Crippen LogP contribution >= 0.6 is 0 Å². The van der Waals surface area contributed by atoms with Gasteiger partial charge in [-0.15, -0.1) is 0 Å². The third-order valence-corrected chi connectivity index (χ3v) is 6.77. The first-order chi connectivity index (χ1) is 15.0. The lowest BCUT2D eigenvalue weighted by Crippen LogP contribution is -2.39. The van der Waals surface area contributed by atoms with Gasteiger partial charge in [-0.1, -0.05) is 6.92 Å². The Hall–Kier alpha value is -2.23. The normalized spacial score (nSPS) is 22.9. The number of carbonyl (C=O) groups excluding carboxylic acids is 1. The summed E-state index contributed by atoms with van der Waals surface area (Å²) in [5.74, 6) is -5.83. The number of nitrogens with zero attached hydrogens (tertiary/aromatic N) is 3. The first-order valence-corrected chi connectivity index (χ1v) is 11.2. The monoisotopic (exact) mass is 455 g/mol. The van der Waals surface area contributed by atoms with Crippen LogP contribution in [0.15, 0.2) is 18.5 Å². The smallest absolute Gasteiger partial charge is 0.248 e. The number of carbonyl (C=O) groups is 1. The van der Waals surface area contributed by atoms with E-state index in [4.69, 9.17) is 5.73 Å². The zero-order valence-corrected chi connectivity index (χ0v) is 18.0. The van der Waals surface area contributed by atoms with E-state index in [0.717, 1.165) is 5.56 Å². The van der Waals surface area contributed by atoms with Gasteiger partial charge in [-0.2, -0.15) is 5.10 Å². The second-order valence-electron chi connectivity index (χ2n) is 9.34. The van der Waals surface area contributed by atoms with Gasteiger partial charge in [0.2, 0.25) is 17.8 Å². The molecule has 32 heavy (non-hydrogen) atoms. The van der Waals surface area contributed by atoms with E-state index in [-0.39, 0.29) is 55.9 Å². The molecular formula is C22H29F4N5O. The van der Waals surface area contributed by atoms with Crippen LogP contribution in [0.3, 0.4) is 0 Å². The van der Waals surface area contributed by atoms with E-state index >= 15 is 0 Å². The van der Waals surface area contributed by atoms with Crippen molar-refractivity contribution in [1.29, 1.82) is 0 Å². The van der Waals surface area contributed by atoms with Gasteiger partial charge in [-0.25, -0.2) is 27.1 Å². The van der Waals surface area contributed by atoms with Gasteiger partial charge in [0.25, 0.3) is 0 Å². The number of imidazole rings is 1. The van der Waals surface area contributed by atoms with Crippen molar-refractivity contribution < 1.29 is 22.4 Å². The third-order valence-electron chi connectivity index (χ3n) is 6.77. The lowest BCUT2D eigenvalue weighted by Gasteiger charge is -2.34. The number of fused-ring (bicyclic) bond motifs is 1. The maximum Gasteiger partial charge on any atom is 0.248 e. The molecule has 10 heteroatoms. The summed E-state index contributed by atoms with van der Waals surface area (Å²) in [6.45, 7) is 1.92. The molecule has 176 valence electrons. The highest BCUT2D eigenvalue weighted by molar-refractivity contribution is 5.77. The van der Waals surface area contributed by atoms with Crippen molar-refractivity contribution in [1.82, 2.24) is 19.9 Å². The maximum absolute atomic E-state index is 13.4. The van der Waals surface area contributed by atoms with Crippen LogP contribution < -0.4 is 11.1 Å². The van der Waals surface area contributed by atoms with Crippen LogP contribution in [-0.4, -0.2) is 32.4 Å². The number of hydrogen-bond donors (Lipinski definition) is 2. The van der Waals surface area contributed by atoms with E-state index in [1.165, 1.54) is 0 Å². The Balaban J connectivity index is 1.41. The number of nitrogens with one attached hydrogen (secondary N) is 1. The standard InChI is InChI=1S/C22H29F4N5O/c1-2-16(30-19(32)7-13-9-22(25,26)10-13)15-8-18-29-17(12-31(18)28-11-15)20(27)14-3-5-21(23,24)6-4-14/h8,11-14,16,20H,2-7,9-10,27H2,1H3,(H,30,32)/t16-,20-/m0/s1. The van der Waals surface area contributed by atoms with Gasteiger partial charge < -0.3 is 11.1 Å². The van der Waals surface area contributed by atoms with Crippen molar-refractivity contribution >= 4 is 11.6 Å². The zero-order valence-electron chi connectivity index (χ0n) is 18.0. The predicted octanol–water partition coefficient (Wildman–Crippen LogP) is 4.56. The van der Waals surface area contributed by atoms with Gasteiger partial charge in [0.15, 0.2) is 5.65 Å². The molecule has 2 aliphatic carbocycles. The average Bonchev–Trinajstić information content (AvgIpc) is 3.13. The van der Waals surface area contributed by atoms with E-state index in [1.54, 1.807) is 16.9 Å². The Labute approximate surface area is 183 Å². The SMILES string of the molecule is CC[C@H](NC(=O)CC1CC(F)(F)C1)c1cnn2cc([C@@H](N)C3CCC(F)(F)CC3)nc2c1. The highest BCUT2D eigenvalue weighted by atomic mass is 19.3. The molecule has 0 spiro atoms. The van der Waals surface area contributed by atoms with Gasteiger partial charge in [0.1, 0.15) is 0 Å². The Morgan fingerprint density at radius 1 is 1.25 bits per heavy atom. The third kappa shape index (κ3) is 5.05. The molecular weight excluding hydrogens is 426 g/mol. The molecule has 0 saturated heterocycles. The molecule has 6 nitrogen and oxygen atoms in total.